The molecular formula is C14H24N2O3S. The minimum absolute atomic E-state index is 0.204. The highest BCUT2D eigenvalue weighted by molar-refractivity contribution is 7.89. The van der Waals surface area contributed by atoms with Crippen molar-refractivity contribution in [3.63, 3.8) is 0 Å². The highest BCUT2D eigenvalue weighted by Crippen LogP contribution is 2.21. The van der Waals surface area contributed by atoms with Crippen molar-refractivity contribution in [2.24, 2.45) is 0 Å². The average molecular weight is 300 g/mol. The summed E-state index contributed by atoms with van der Waals surface area (Å²) in [4.78, 5) is 0.204. The fraction of sp³-hybridized carbons (Fsp3) is 0.571. The number of methoxy groups -OCH3 is 1. The number of benzene rings is 1. The average Bonchev–Trinajstić information content (AvgIpc) is 2.35. The van der Waals surface area contributed by atoms with Gasteiger partial charge in [0.2, 0.25) is 10.0 Å². The van der Waals surface area contributed by atoms with Crippen molar-refractivity contribution in [3.05, 3.63) is 23.3 Å². The number of aryl methyl sites for hydroxylation is 1. The number of nitrogens with one attached hydrogen (secondary N) is 1. The smallest absolute Gasteiger partial charge is 0.240 e. The predicted molar refractivity (Wildman–Crippen MR) is 81.2 cm³/mol. The second-order valence-corrected chi connectivity index (χ2v) is 6.73. The zero-order valence-corrected chi connectivity index (χ0v) is 13.4. The molecule has 0 spiro atoms. The van der Waals surface area contributed by atoms with Crippen molar-refractivity contribution in [1.82, 2.24) is 4.72 Å². The van der Waals surface area contributed by atoms with E-state index in [1.165, 1.54) is 6.07 Å². The Bertz CT molecular complexity index is 527. The molecule has 1 aromatic rings. The van der Waals surface area contributed by atoms with Crippen LogP contribution in [0.1, 0.15) is 30.9 Å². The van der Waals surface area contributed by atoms with Gasteiger partial charge in [0, 0.05) is 18.8 Å². The van der Waals surface area contributed by atoms with Gasteiger partial charge in [-0.25, -0.2) is 13.1 Å². The van der Waals surface area contributed by atoms with E-state index in [-0.39, 0.29) is 10.9 Å². The number of ether oxygens (including phenoxy) is 1. The Balaban J connectivity index is 3.04. The Morgan fingerprint density at radius 1 is 1.35 bits per heavy atom. The lowest BCUT2D eigenvalue weighted by Gasteiger charge is -2.18. The lowest BCUT2D eigenvalue weighted by molar-refractivity contribution is 0.171. The van der Waals surface area contributed by atoms with E-state index >= 15 is 0 Å². The topological polar surface area (TPSA) is 81.4 Å². The van der Waals surface area contributed by atoms with Crippen molar-refractivity contribution < 1.29 is 13.2 Å². The predicted octanol–water partition coefficient (Wildman–Crippen LogP) is 1.98. The van der Waals surface area contributed by atoms with Crippen LogP contribution >= 0.6 is 0 Å². The van der Waals surface area contributed by atoms with E-state index in [0.29, 0.717) is 12.3 Å². The van der Waals surface area contributed by atoms with Gasteiger partial charge in [0.1, 0.15) is 0 Å². The molecule has 0 aliphatic heterocycles. The third kappa shape index (κ3) is 4.19. The second-order valence-electron chi connectivity index (χ2n) is 5.02. The van der Waals surface area contributed by atoms with Crippen LogP contribution in [-0.2, 0) is 14.8 Å². The quantitative estimate of drug-likeness (QED) is 0.754. The maximum Gasteiger partial charge on any atom is 0.240 e. The maximum atomic E-state index is 12.4. The number of hydrogen-bond acceptors (Lipinski definition) is 4. The normalized spacial score (nSPS) is 13.4. The van der Waals surface area contributed by atoms with Crippen LogP contribution in [0, 0.1) is 13.8 Å². The summed E-state index contributed by atoms with van der Waals surface area (Å²) in [6, 6.07) is 2.92. The summed E-state index contributed by atoms with van der Waals surface area (Å²) in [5.74, 6) is 0. The molecule has 0 heterocycles. The third-order valence-electron chi connectivity index (χ3n) is 3.32. The summed E-state index contributed by atoms with van der Waals surface area (Å²) in [5, 5.41) is 0. The number of nitrogen functional groups attached to an aromatic ring is 1. The monoisotopic (exact) mass is 300 g/mol. The Hall–Kier alpha value is -1.11. The second kappa shape index (κ2) is 7.06. The summed E-state index contributed by atoms with van der Waals surface area (Å²) >= 11 is 0. The van der Waals surface area contributed by atoms with Crippen LogP contribution in [-0.4, -0.2) is 28.2 Å². The number of hydrogen-bond donors (Lipinski definition) is 2. The van der Waals surface area contributed by atoms with Crippen LogP contribution in [0.3, 0.4) is 0 Å². The van der Waals surface area contributed by atoms with E-state index in [4.69, 9.17) is 10.5 Å². The molecule has 0 aliphatic carbocycles. The minimum atomic E-state index is -3.58. The van der Waals surface area contributed by atoms with Crippen molar-refractivity contribution >= 4 is 15.7 Å². The van der Waals surface area contributed by atoms with Crippen molar-refractivity contribution in [1.29, 1.82) is 0 Å². The number of sulfonamides is 1. The zero-order chi connectivity index (χ0) is 15.3. The molecular weight excluding hydrogens is 276 g/mol. The third-order valence-corrected chi connectivity index (χ3v) is 4.82. The van der Waals surface area contributed by atoms with Gasteiger partial charge in [-0.3, -0.25) is 0 Å². The molecule has 0 aliphatic rings. The zero-order valence-electron chi connectivity index (χ0n) is 12.6. The fourth-order valence-electron chi connectivity index (χ4n) is 2.02. The van der Waals surface area contributed by atoms with Gasteiger partial charge in [-0.2, -0.15) is 0 Å². The first-order chi connectivity index (χ1) is 9.31. The van der Waals surface area contributed by atoms with Crippen molar-refractivity contribution in [3.8, 4) is 0 Å². The van der Waals surface area contributed by atoms with Gasteiger partial charge < -0.3 is 10.5 Å². The Kier molecular flexibility index (Phi) is 5.98. The summed E-state index contributed by atoms with van der Waals surface area (Å²) in [7, 11) is -2.02. The molecule has 114 valence electrons. The Morgan fingerprint density at radius 3 is 2.50 bits per heavy atom. The maximum absolute atomic E-state index is 12.4. The molecule has 1 aromatic carbocycles. The largest absolute Gasteiger partial charge is 0.398 e. The number of anilines is 1. The first kappa shape index (κ1) is 16.9. The van der Waals surface area contributed by atoms with Crippen molar-refractivity contribution in [2.45, 2.75) is 44.6 Å². The standard InChI is InChI=1S/C14H24N2O3S/c1-5-6-12(9-19-4)16-20(17,18)13-7-10(2)11(3)14(15)8-13/h7-8,12,16H,5-6,9,15H2,1-4H3. The molecule has 5 nitrogen and oxygen atoms in total. The van der Waals surface area contributed by atoms with E-state index in [0.717, 1.165) is 24.0 Å². The SMILES string of the molecule is CCCC(COC)NS(=O)(=O)c1cc(C)c(C)c(N)c1. The molecule has 1 unspecified atom stereocenters. The lowest BCUT2D eigenvalue weighted by atomic mass is 10.1. The summed E-state index contributed by atoms with van der Waals surface area (Å²) in [6.45, 7) is 6.08. The molecule has 1 rings (SSSR count). The highest BCUT2D eigenvalue weighted by Gasteiger charge is 2.20. The van der Waals surface area contributed by atoms with Crippen molar-refractivity contribution in [2.75, 3.05) is 19.5 Å². The summed E-state index contributed by atoms with van der Waals surface area (Å²) in [5.41, 5.74) is 8.11. The van der Waals surface area contributed by atoms with Crippen LogP contribution < -0.4 is 10.5 Å². The molecule has 0 saturated heterocycles. The molecule has 0 bridgehead atoms. The van der Waals surface area contributed by atoms with E-state index in [2.05, 4.69) is 4.72 Å². The Labute approximate surface area is 121 Å². The van der Waals surface area contributed by atoms with E-state index in [1.807, 2.05) is 20.8 Å². The van der Waals surface area contributed by atoms with E-state index in [9.17, 15) is 8.42 Å². The van der Waals surface area contributed by atoms with Crippen LogP contribution in [0.4, 0.5) is 5.69 Å². The van der Waals surface area contributed by atoms with E-state index < -0.39 is 10.0 Å². The molecule has 6 heteroatoms. The fourth-order valence-corrected chi connectivity index (χ4v) is 3.40. The molecule has 20 heavy (non-hydrogen) atoms. The Morgan fingerprint density at radius 2 is 2.00 bits per heavy atom. The van der Waals surface area contributed by atoms with Gasteiger partial charge in [0.25, 0.3) is 0 Å². The molecule has 0 radical (unpaired) electrons. The van der Waals surface area contributed by atoms with Crippen LogP contribution in [0.5, 0.6) is 0 Å². The van der Waals surface area contributed by atoms with Gasteiger partial charge >= 0.3 is 0 Å². The van der Waals surface area contributed by atoms with Crippen LogP contribution in [0.25, 0.3) is 0 Å². The first-order valence-corrected chi connectivity index (χ1v) is 8.18. The molecule has 0 fully saturated rings. The molecule has 1 atom stereocenters. The van der Waals surface area contributed by atoms with Crippen LogP contribution in [0.15, 0.2) is 17.0 Å². The van der Waals surface area contributed by atoms with Gasteiger partial charge in [0.05, 0.1) is 11.5 Å². The van der Waals surface area contributed by atoms with Gasteiger partial charge in [-0.15, -0.1) is 0 Å². The molecule has 3 N–H and O–H groups in total. The molecule has 0 amide bonds. The minimum Gasteiger partial charge on any atom is -0.398 e. The number of rotatable bonds is 7. The van der Waals surface area contributed by atoms with Gasteiger partial charge in [-0.1, -0.05) is 13.3 Å². The summed E-state index contributed by atoms with van der Waals surface area (Å²) in [6.07, 6.45) is 1.61. The summed E-state index contributed by atoms with van der Waals surface area (Å²) < 4.78 is 32.5. The highest BCUT2D eigenvalue weighted by atomic mass is 32.2. The first-order valence-electron chi connectivity index (χ1n) is 6.69. The van der Waals surface area contributed by atoms with Gasteiger partial charge in [0.15, 0.2) is 0 Å². The number of nitrogens with two attached hydrogens (primary N) is 1. The van der Waals surface area contributed by atoms with E-state index in [1.54, 1.807) is 13.2 Å². The lowest BCUT2D eigenvalue weighted by Crippen LogP contribution is -2.38. The molecule has 0 saturated carbocycles. The van der Waals surface area contributed by atoms with Gasteiger partial charge in [-0.05, 0) is 43.5 Å². The molecule has 0 aromatic heterocycles. The van der Waals surface area contributed by atoms with Crippen LogP contribution in [0.2, 0.25) is 0 Å².